The van der Waals surface area contributed by atoms with E-state index in [9.17, 15) is 19.2 Å². The molecule has 3 aromatic rings. The van der Waals surface area contributed by atoms with Crippen LogP contribution in [0.1, 0.15) is 104 Å². The van der Waals surface area contributed by atoms with Crippen LogP contribution in [0.3, 0.4) is 0 Å². The van der Waals surface area contributed by atoms with Crippen molar-refractivity contribution in [3.8, 4) is 17.6 Å². The average Bonchev–Trinajstić information content (AvgIpc) is 3.75. The van der Waals surface area contributed by atoms with Gasteiger partial charge in [0.2, 0.25) is 17.5 Å². The maximum atomic E-state index is 13.4. The first-order valence-electron chi connectivity index (χ1n) is 21.2. The smallest absolute Gasteiger partial charge is 0.262 e. The van der Waals surface area contributed by atoms with Crippen LogP contribution in [0, 0.1) is 35.2 Å². The number of fused-ring (bicyclic) bond motifs is 2. The van der Waals surface area contributed by atoms with Gasteiger partial charge in [-0.3, -0.25) is 39.2 Å². The Morgan fingerprint density at radius 1 is 0.850 bits per heavy atom. The number of pyridine rings is 1. The van der Waals surface area contributed by atoms with E-state index in [1.807, 2.05) is 12.1 Å². The van der Waals surface area contributed by atoms with Crippen molar-refractivity contribution in [2.75, 3.05) is 31.1 Å². The molecule has 60 heavy (non-hydrogen) atoms. The normalized spacial score (nSPS) is 27.3. The van der Waals surface area contributed by atoms with Gasteiger partial charge in [-0.05, 0) is 80.0 Å². The number of aromatic nitrogens is 1. The number of benzene rings is 2. The van der Waals surface area contributed by atoms with E-state index >= 15 is 0 Å². The number of ether oxygens (including phenoxy) is 1. The van der Waals surface area contributed by atoms with E-state index in [1.54, 1.807) is 24.3 Å². The number of hydrogen-bond acceptors (Lipinski definition) is 9. The maximum absolute atomic E-state index is 13.4. The number of carbonyl (C=O) groups excluding carboxylic acids is 4. The Balaban J connectivity index is 0.757. The van der Waals surface area contributed by atoms with Crippen molar-refractivity contribution in [3.63, 3.8) is 0 Å². The SMILES string of the molecule is [C-]#[N+]c1ccc(OC2C(C)(C)C(N3Cc4ccc(C#CC5CCC(N6CCN(c7ccc8c(c7)C(=O)N(C7CCC(=O)NC7=O)C8=O)CC6)CC5)nc4C3)C2(C)C)cc1Cl. The Morgan fingerprint density at radius 2 is 1.58 bits per heavy atom. The summed E-state index contributed by atoms with van der Waals surface area (Å²) in [6.07, 6.45) is 4.55. The Hall–Kier alpha value is -5.27. The van der Waals surface area contributed by atoms with Crippen molar-refractivity contribution in [3.05, 3.63) is 93.0 Å². The zero-order valence-corrected chi connectivity index (χ0v) is 35.3. The fourth-order valence-electron chi connectivity index (χ4n) is 11.4. The average molecular weight is 828 g/mol. The summed E-state index contributed by atoms with van der Waals surface area (Å²) in [6, 6.07) is 14.8. The molecule has 4 amide bonds. The van der Waals surface area contributed by atoms with E-state index in [-0.39, 0.29) is 41.7 Å². The molecular formula is C47H50ClN7O5. The lowest BCUT2D eigenvalue weighted by atomic mass is 9.49. The monoisotopic (exact) mass is 827 g/mol. The summed E-state index contributed by atoms with van der Waals surface area (Å²) in [6.45, 7) is 21.5. The molecule has 1 N–H and O–H groups in total. The van der Waals surface area contributed by atoms with Crippen molar-refractivity contribution < 1.29 is 23.9 Å². The molecule has 13 heteroatoms. The van der Waals surface area contributed by atoms with Crippen LogP contribution >= 0.6 is 11.6 Å². The predicted octanol–water partition coefficient (Wildman–Crippen LogP) is 6.62. The van der Waals surface area contributed by atoms with Gasteiger partial charge < -0.3 is 9.64 Å². The molecule has 4 aliphatic heterocycles. The zero-order chi connectivity index (χ0) is 42.1. The van der Waals surface area contributed by atoms with Gasteiger partial charge in [0, 0.05) is 80.2 Å². The third-order valence-corrected chi connectivity index (χ3v) is 14.2. The molecule has 6 aliphatic rings. The largest absolute Gasteiger partial charge is 0.489 e. The molecule has 2 saturated heterocycles. The number of nitrogens with one attached hydrogen (secondary N) is 1. The number of nitrogens with zero attached hydrogens (tertiary/aromatic N) is 6. The van der Waals surface area contributed by atoms with Crippen LogP contribution < -0.4 is 15.0 Å². The highest BCUT2D eigenvalue weighted by Gasteiger charge is 2.65. The number of carbonyl (C=O) groups is 4. The van der Waals surface area contributed by atoms with Crippen LogP contribution in [0.4, 0.5) is 11.4 Å². The second-order valence-corrected chi connectivity index (χ2v) is 18.9. The second kappa shape index (κ2) is 15.3. The van der Waals surface area contributed by atoms with Gasteiger partial charge in [0.15, 0.2) is 0 Å². The summed E-state index contributed by atoms with van der Waals surface area (Å²) in [5.41, 5.74) is 4.90. The molecule has 9 rings (SSSR count). The standard InChI is InChI=1S/C47H50ClN7O5/c1-46(2)44(47(3,4)45(46)60-33-15-17-37(49-5)36(48)25-33)54-26-29-9-11-30(50-38(29)27-54)10-6-28-7-12-31(13-8-28)52-20-22-53(23-21-52)32-14-16-34-35(24-32)43(59)55(42(34)58)39-18-19-40(56)51-41(39)57/h9,11,14-17,24-25,28,31,39,44-45H,7-8,12-13,18-23,26-27H2,1-4H3,(H,51,56,57). The van der Waals surface area contributed by atoms with Crippen LogP contribution in [0.2, 0.25) is 5.02 Å². The summed E-state index contributed by atoms with van der Waals surface area (Å²) in [4.78, 5) is 67.6. The first-order chi connectivity index (χ1) is 28.7. The minimum Gasteiger partial charge on any atom is -0.489 e. The van der Waals surface area contributed by atoms with E-state index in [1.165, 1.54) is 5.56 Å². The topological polar surface area (TPSA) is 120 Å². The van der Waals surface area contributed by atoms with Crippen molar-refractivity contribution >= 4 is 46.6 Å². The number of piperazine rings is 1. The van der Waals surface area contributed by atoms with Gasteiger partial charge >= 0.3 is 0 Å². The molecule has 1 atom stereocenters. The van der Waals surface area contributed by atoms with E-state index in [2.05, 4.69) is 76.5 Å². The summed E-state index contributed by atoms with van der Waals surface area (Å²) in [7, 11) is 0. The van der Waals surface area contributed by atoms with Gasteiger partial charge in [-0.2, -0.15) is 0 Å². The van der Waals surface area contributed by atoms with E-state index in [0.29, 0.717) is 39.5 Å². The quantitative estimate of drug-likeness (QED) is 0.166. The molecule has 2 saturated carbocycles. The Kier molecular flexibility index (Phi) is 10.3. The van der Waals surface area contributed by atoms with Crippen molar-refractivity contribution in [2.24, 2.45) is 16.7 Å². The second-order valence-electron chi connectivity index (χ2n) is 18.5. The minimum absolute atomic E-state index is 0.0248. The maximum Gasteiger partial charge on any atom is 0.262 e. The predicted molar refractivity (Wildman–Crippen MR) is 226 cm³/mol. The van der Waals surface area contributed by atoms with Gasteiger partial charge in [0.1, 0.15) is 23.6 Å². The van der Waals surface area contributed by atoms with Crippen LogP contribution in [-0.4, -0.2) is 93.7 Å². The van der Waals surface area contributed by atoms with Gasteiger partial charge in [0.25, 0.3) is 11.8 Å². The van der Waals surface area contributed by atoms with Crippen molar-refractivity contribution in [1.82, 2.24) is 25.0 Å². The molecule has 12 nitrogen and oxygen atoms in total. The number of hydrogen-bond donors (Lipinski definition) is 1. The highest BCUT2D eigenvalue weighted by Crippen LogP contribution is 2.59. The fraction of sp³-hybridized carbons (Fsp3) is 0.489. The lowest BCUT2D eigenvalue weighted by Gasteiger charge is -2.65. The molecule has 1 unspecified atom stereocenters. The summed E-state index contributed by atoms with van der Waals surface area (Å²) < 4.78 is 6.55. The van der Waals surface area contributed by atoms with E-state index in [0.717, 1.165) is 86.9 Å². The first kappa shape index (κ1) is 40.2. The Labute approximate surface area is 356 Å². The molecule has 0 spiro atoms. The van der Waals surface area contributed by atoms with Crippen LogP contribution in [0.5, 0.6) is 5.75 Å². The van der Waals surface area contributed by atoms with Crippen LogP contribution in [-0.2, 0) is 22.7 Å². The van der Waals surface area contributed by atoms with Crippen molar-refractivity contribution in [1.29, 1.82) is 0 Å². The minimum atomic E-state index is -0.967. The number of imide groups is 2. The first-order valence-corrected chi connectivity index (χ1v) is 21.5. The van der Waals surface area contributed by atoms with Crippen LogP contribution in [0.15, 0.2) is 48.5 Å². The molecule has 1 aromatic heterocycles. The number of halogens is 1. The molecule has 0 radical (unpaired) electrons. The van der Waals surface area contributed by atoms with Gasteiger partial charge in [0.05, 0.1) is 28.4 Å². The number of rotatable bonds is 6. The molecule has 310 valence electrons. The summed E-state index contributed by atoms with van der Waals surface area (Å²) in [5.74, 6) is 6.10. The molecule has 2 aliphatic carbocycles. The summed E-state index contributed by atoms with van der Waals surface area (Å²) >= 11 is 6.33. The fourth-order valence-corrected chi connectivity index (χ4v) is 11.6. The molecule has 5 heterocycles. The number of piperidine rings is 1. The van der Waals surface area contributed by atoms with Gasteiger partial charge in [-0.25, -0.2) is 9.83 Å². The van der Waals surface area contributed by atoms with E-state index < -0.39 is 23.8 Å². The highest BCUT2D eigenvalue weighted by atomic mass is 35.5. The highest BCUT2D eigenvalue weighted by molar-refractivity contribution is 6.33. The zero-order valence-electron chi connectivity index (χ0n) is 34.6. The van der Waals surface area contributed by atoms with Gasteiger partial charge in [-0.1, -0.05) is 57.3 Å². The molecule has 4 fully saturated rings. The lowest BCUT2D eigenvalue weighted by molar-refractivity contribution is -0.211. The van der Waals surface area contributed by atoms with Crippen molar-refractivity contribution in [2.45, 2.75) is 104 Å². The van der Waals surface area contributed by atoms with Gasteiger partial charge in [-0.15, -0.1) is 0 Å². The number of anilines is 1. The Bertz CT molecular complexity index is 2380. The van der Waals surface area contributed by atoms with E-state index in [4.69, 9.17) is 27.9 Å². The van der Waals surface area contributed by atoms with Crippen LogP contribution in [0.25, 0.3) is 4.85 Å². The molecule has 2 aromatic carbocycles. The Morgan fingerprint density at radius 3 is 2.28 bits per heavy atom. The molecule has 0 bridgehead atoms. The molecular weight excluding hydrogens is 778 g/mol. The third-order valence-electron chi connectivity index (χ3n) is 13.9. The summed E-state index contributed by atoms with van der Waals surface area (Å²) in [5, 5.41) is 2.66. The lowest BCUT2D eigenvalue weighted by Crippen LogP contribution is -2.74. The number of amides is 4. The third kappa shape index (κ3) is 7.02.